The number of rotatable bonds is 5. The fourth-order valence-electron chi connectivity index (χ4n) is 7.11. The molecule has 0 saturated heterocycles. The Morgan fingerprint density at radius 2 is 0.960 bits per heavy atom. The van der Waals surface area contributed by atoms with E-state index in [4.69, 9.17) is 19.4 Å². The minimum Gasteiger partial charge on any atom is -0.456 e. The number of nitrogens with zero attached hydrogens (tertiary/aromatic N) is 4. The average molecular weight is 641 g/mol. The summed E-state index contributed by atoms with van der Waals surface area (Å²) < 4.78 is 8.44. The molecule has 234 valence electrons. The molecule has 0 aliphatic rings. The summed E-state index contributed by atoms with van der Waals surface area (Å²) in [5.41, 5.74) is 10.2. The van der Waals surface area contributed by atoms with E-state index in [1.165, 1.54) is 11.1 Å². The van der Waals surface area contributed by atoms with Crippen molar-refractivity contribution in [3.63, 3.8) is 0 Å². The molecule has 0 radical (unpaired) electrons. The summed E-state index contributed by atoms with van der Waals surface area (Å²) in [6.45, 7) is 0. The van der Waals surface area contributed by atoms with Gasteiger partial charge in [0.15, 0.2) is 11.6 Å². The normalized spacial score (nSPS) is 11.6. The lowest BCUT2D eigenvalue weighted by Crippen LogP contribution is -2.06. The van der Waals surface area contributed by atoms with Crippen LogP contribution in [0.15, 0.2) is 174 Å². The van der Waals surface area contributed by atoms with Crippen molar-refractivity contribution in [1.82, 2.24) is 19.5 Å². The fourth-order valence-corrected chi connectivity index (χ4v) is 7.11. The first kappa shape index (κ1) is 28.2. The topological polar surface area (TPSA) is 56.7 Å². The predicted octanol–water partition coefficient (Wildman–Crippen LogP) is 11.5. The standard InChI is InChI=1S/C45H28N4O/c1-3-12-29(13-4-1)30-22-24-31(25-23-30)33-26-27-35-34-16-7-9-19-38(34)49(39(35)28-33)45-47-43(32-14-5-2-6-15-32)46-44(48-45)37-18-11-21-41-42(37)36-17-8-10-20-40(36)50-41/h1-28H. The van der Waals surface area contributed by atoms with Gasteiger partial charge in [-0.3, -0.25) is 4.57 Å². The second kappa shape index (κ2) is 11.4. The van der Waals surface area contributed by atoms with E-state index in [-0.39, 0.29) is 0 Å². The molecule has 3 heterocycles. The van der Waals surface area contributed by atoms with Crippen molar-refractivity contribution >= 4 is 43.7 Å². The molecule has 5 heteroatoms. The quantitative estimate of drug-likeness (QED) is 0.188. The minimum absolute atomic E-state index is 0.557. The van der Waals surface area contributed by atoms with Gasteiger partial charge in [0.05, 0.1) is 11.0 Å². The van der Waals surface area contributed by atoms with Crippen LogP contribution >= 0.6 is 0 Å². The van der Waals surface area contributed by atoms with Crippen LogP contribution in [-0.4, -0.2) is 19.5 Å². The summed E-state index contributed by atoms with van der Waals surface area (Å²) in [7, 11) is 0. The second-order valence-corrected chi connectivity index (χ2v) is 12.5. The molecular formula is C45H28N4O. The number of hydrogen-bond acceptors (Lipinski definition) is 4. The Morgan fingerprint density at radius 3 is 1.76 bits per heavy atom. The van der Waals surface area contributed by atoms with Crippen LogP contribution in [0.2, 0.25) is 0 Å². The summed E-state index contributed by atoms with van der Waals surface area (Å²) in [6, 6.07) is 58.7. The summed E-state index contributed by atoms with van der Waals surface area (Å²) in [4.78, 5) is 15.5. The van der Waals surface area contributed by atoms with Gasteiger partial charge in [0, 0.05) is 32.7 Å². The number of para-hydroxylation sites is 2. The second-order valence-electron chi connectivity index (χ2n) is 12.5. The third-order valence-corrected chi connectivity index (χ3v) is 9.50. The SMILES string of the molecule is c1ccc(-c2ccc(-c3ccc4c5ccccc5n(-c5nc(-c6ccccc6)nc(-c6cccc7oc8ccccc8c67)n5)c4c3)cc2)cc1. The number of fused-ring (bicyclic) bond motifs is 6. The zero-order valence-corrected chi connectivity index (χ0v) is 26.9. The Balaban J connectivity index is 1.21. The van der Waals surface area contributed by atoms with E-state index >= 15 is 0 Å². The van der Waals surface area contributed by atoms with Crippen LogP contribution in [0, 0.1) is 0 Å². The van der Waals surface area contributed by atoms with Crippen molar-refractivity contribution in [1.29, 1.82) is 0 Å². The molecule has 0 unspecified atom stereocenters. The molecule has 50 heavy (non-hydrogen) atoms. The molecule has 10 aromatic rings. The van der Waals surface area contributed by atoms with Crippen molar-refractivity contribution in [3.05, 3.63) is 170 Å². The van der Waals surface area contributed by atoms with Crippen LogP contribution in [0.4, 0.5) is 0 Å². The van der Waals surface area contributed by atoms with Crippen molar-refractivity contribution in [2.45, 2.75) is 0 Å². The van der Waals surface area contributed by atoms with E-state index in [0.29, 0.717) is 17.6 Å². The van der Waals surface area contributed by atoms with Gasteiger partial charge in [-0.05, 0) is 46.5 Å². The third-order valence-electron chi connectivity index (χ3n) is 9.50. The summed E-state index contributed by atoms with van der Waals surface area (Å²) >= 11 is 0. The molecular weight excluding hydrogens is 613 g/mol. The largest absolute Gasteiger partial charge is 0.456 e. The number of furan rings is 1. The van der Waals surface area contributed by atoms with Crippen LogP contribution in [-0.2, 0) is 0 Å². The van der Waals surface area contributed by atoms with Crippen LogP contribution in [0.1, 0.15) is 0 Å². The van der Waals surface area contributed by atoms with Gasteiger partial charge in [-0.15, -0.1) is 0 Å². The van der Waals surface area contributed by atoms with Crippen molar-refractivity contribution in [2.24, 2.45) is 0 Å². The predicted molar refractivity (Wildman–Crippen MR) is 203 cm³/mol. The Kier molecular flexibility index (Phi) is 6.42. The highest BCUT2D eigenvalue weighted by Gasteiger charge is 2.20. The van der Waals surface area contributed by atoms with E-state index in [1.807, 2.05) is 66.7 Å². The monoisotopic (exact) mass is 640 g/mol. The summed E-state index contributed by atoms with van der Waals surface area (Å²) in [6.07, 6.45) is 0. The third kappa shape index (κ3) is 4.60. The van der Waals surface area contributed by atoms with Gasteiger partial charge in [-0.2, -0.15) is 9.97 Å². The van der Waals surface area contributed by atoms with Gasteiger partial charge in [0.25, 0.3) is 0 Å². The molecule has 0 atom stereocenters. The van der Waals surface area contributed by atoms with E-state index < -0.39 is 0 Å². The maximum Gasteiger partial charge on any atom is 0.238 e. The van der Waals surface area contributed by atoms with E-state index in [2.05, 4.69) is 108 Å². The zero-order chi connectivity index (χ0) is 33.0. The molecule has 3 aromatic heterocycles. The first-order valence-electron chi connectivity index (χ1n) is 16.7. The van der Waals surface area contributed by atoms with E-state index in [9.17, 15) is 0 Å². The molecule has 0 amide bonds. The molecule has 0 saturated carbocycles. The molecule has 0 bridgehead atoms. The van der Waals surface area contributed by atoms with Crippen LogP contribution in [0.5, 0.6) is 0 Å². The van der Waals surface area contributed by atoms with Gasteiger partial charge < -0.3 is 4.42 Å². The fraction of sp³-hybridized carbons (Fsp3) is 0. The van der Waals surface area contributed by atoms with Gasteiger partial charge in [-0.25, -0.2) is 4.98 Å². The lowest BCUT2D eigenvalue weighted by atomic mass is 9.99. The smallest absolute Gasteiger partial charge is 0.238 e. The van der Waals surface area contributed by atoms with Crippen LogP contribution in [0.25, 0.3) is 94.7 Å². The van der Waals surface area contributed by atoms with Crippen molar-refractivity contribution in [2.75, 3.05) is 0 Å². The maximum atomic E-state index is 6.26. The summed E-state index contributed by atoms with van der Waals surface area (Å²) in [5.74, 6) is 1.75. The van der Waals surface area contributed by atoms with Crippen LogP contribution in [0.3, 0.4) is 0 Å². The highest BCUT2D eigenvalue weighted by atomic mass is 16.3. The molecule has 0 fully saturated rings. The molecule has 10 rings (SSSR count). The highest BCUT2D eigenvalue weighted by Crippen LogP contribution is 2.38. The van der Waals surface area contributed by atoms with Crippen molar-refractivity contribution < 1.29 is 4.42 Å². The van der Waals surface area contributed by atoms with Crippen LogP contribution < -0.4 is 0 Å². The lowest BCUT2D eigenvalue weighted by molar-refractivity contribution is 0.669. The van der Waals surface area contributed by atoms with Crippen molar-refractivity contribution in [3.8, 4) is 51.0 Å². The zero-order valence-electron chi connectivity index (χ0n) is 26.9. The van der Waals surface area contributed by atoms with Gasteiger partial charge in [0.2, 0.25) is 5.95 Å². The van der Waals surface area contributed by atoms with E-state index in [1.54, 1.807) is 0 Å². The number of hydrogen-bond donors (Lipinski definition) is 0. The summed E-state index contributed by atoms with van der Waals surface area (Å²) in [5, 5.41) is 4.29. The van der Waals surface area contributed by atoms with Gasteiger partial charge in [-0.1, -0.05) is 146 Å². The molecule has 0 aliphatic carbocycles. The molecule has 0 aliphatic heterocycles. The molecule has 7 aromatic carbocycles. The van der Waals surface area contributed by atoms with Gasteiger partial charge >= 0.3 is 0 Å². The lowest BCUT2D eigenvalue weighted by Gasteiger charge is -2.12. The Hall–Kier alpha value is -6.85. The Labute approximate surface area is 287 Å². The highest BCUT2D eigenvalue weighted by molar-refractivity contribution is 6.12. The maximum absolute atomic E-state index is 6.26. The Morgan fingerprint density at radius 1 is 0.380 bits per heavy atom. The van der Waals surface area contributed by atoms with E-state index in [0.717, 1.165) is 66.0 Å². The molecule has 0 N–H and O–H groups in total. The first-order valence-corrected chi connectivity index (χ1v) is 16.7. The van der Waals surface area contributed by atoms with Gasteiger partial charge in [0.1, 0.15) is 11.2 Å². The number of benzene rings is 7. The minimum atomic E-state index is 0.557. The molecule has 5 nitrogen and oxygen atoms in total. The molecule has 0 spiro atoms. The number of aromatic nitrogens is 4. The Bertz CT molecular complexity index is 2850. The first-order chi connectivity index (χ1) is 24.8. The average Bonchev–Trinajstić information content (AvgIpc) is 3.74.